The number of nitrogen functional groups attached to an aromatic ring is 2. The summed E-state index contributed by atoms with van der Waals surface area (Å²) in [5, 5.41) is 5.00. The number of hydrogen-bond acceptors (Lipinski definition) is 5. The molecule has 0 spiro atoms. The van der Waals surface area contributed by atoms with Crippen LogP contribution in [0.2, 0.25) is 0 Å². The summed E-state index contributed by atoms with van der Waals surface area (Å²) in [6.45, 7) is 0. The zero-order valence-corrected chi connectivity index (χ0v) is 11.1. The third kappa shape index (κ3) is 1.98. The number of thiophene rings is 1. The highest BCUT2D eigenvalue weighted by atomic mass is 32.1. The van der Waals surface area contributed by atoms with Gasteiger partial charge in [0, 0.05) is 22.3 Å². The Morgan fingerprint density at radius 2 is 1.94 bits per heavy atom. The Labute approximate surface area is 113 Å². The highest BCUT2D eigenvalue weighted by molar-refractivity contribution is 7.15. The first-order chi connectivity index (χ1) is 8.74. The molecule has 18 heavy (non-hydrogen) atoms. The zero-order chi connectivity index (χ0) is 12.5. The summed E-state index contributed by atoms with van der Waals surface area (Å²) in [6.07, 6.45) is 0. The van der Waals surface area contributed by atoms with Crippen molar-refractivity contribution in [3.8, 4) is 21.1 Å². The average Bonchev–Trinajstić information content (AvgIpc) is 3.00. The van der Waals surface area contributed by atoms with Gasteiger partial charge in [-0.15, -0.1) is 22.7 Å². The maximum Gasteiger partial charge on any atom is 0.126 e. The Morgan fingerprint density at radius 1 is 1.06 bits per heavy atom. The molecule has 0 saturated heterocycles. The molecular formula is C13H11N3S2. The van der Waals surface area contributed by atoms with Gasteiger partial charge in [0.25, 0.3) is 0 Å². The van der Waals surface area contributed by atoms with Crippen LogP contribution in [0.15, 0.2) is 41.1 Å². The van der Waals surface area contributed by atoms with E-state index in [1.807, 2.05) is 29.0 Å². The molecule has 3 aromatic rings. The highest BCUT2D eigenvalue weighted by Crippen LogP contribution is 2.34. The van der Waals surface area contributed by atoms with Crippen LogP contribution in [0.3, 0.4) is 0 Å². The van der Waals surface area contributed by atoms with Gasteiger partial charge in [0.1, 0.15) is 5.01 Å². The lowest BCUT2D eigenvalue weighted by Gasteiger charge is -2.02. The van der Waals surface area contributed by atoms with Gasteiger partial charge in [-0.3, -0.25) is 0 Å². The topological polar surface area (TPSA) is 64.9 Å². The van der Waals surface area contributed by atoms with Crippen molar-refractivity contribution in [2.45, 2.75) is 0 Å². The number of nitrogens with zero attached hydrogens (tertiary/aromatic N) is 1. The van der Waals surface area contributed by atoms with Crippen LogP contribution < -0.4 is 11.5 Å². The van der Waals surface area contributed by atoms with Crippen LogP contribution in [0.4, 0.5) is 11.4 Å². The number of rotatable bonds is 2. The predicted molar refractivity (Wildman–Crippen MR) is 79.7 cm³/mol. The van der Waals surface area contributed by atoms with E-state index in [4.69, 9.17) is 11.5 Å². The van der Waals surface area contributed by atoms with Crippen LogP contribution in [0.1, 0.15) is 0 Å². The number of benzene rings is 1. The van der Waals surface area contributed by atoms with Gasteiger partial charge in [-0.05, 0) is 29.6 Å². The minimum absolute atomic E-state index is 0.701. The molecule has 0 saturated carbocycles. The molecule has 0 atom stereocenters. The molecule has 5 heteroatoms. The van der Waals surface area contributed by atoms with E-state index < -0.39 is 0 Å². The fourth-order valence-corrected chi connectivity index (χ4v) is 3.31. The van der Waals surface area contributed by atoms with E-state index in [-0.39, 0.29) is 0 Å². The number of aromatic nitrogens is 1. The Morgan fingerprint density at radius 3 is 2.72 bits per heavy atom. The van der Waals surface area contributed by atoms with E-state index in [2.05, 4.69) is 11.1 Å². The smallest absolute Gasteiger partial charge is 0.126 e. The van der Waals surface area contributed by atoms with Crippen molar-refractivity contribution in [1.82, 2.24) is 4.98 Å². The van der Waals surface area contributed by atoms with Crippen LogP contribution in [-0.2, 0) is 0 Å². The summed E-state index contributed by atoms with van der Waals surface area (Å²) in [6, 6.07) is 9.57. The summed E-state index contributed by atoms with van der Waals surface area (Å²) in [5.74, 6) is 0. The monoisotopic (exact) mass is 273 g/mol. The third-order valence-electron chi connectivity index (χ3n) is 2.59. The molecule has 0 bridgehead atoms. The summed E-state index contributed by atoms with van der Waals surface area (Å²) < 4.78 is 0. The van der Waals surface area contributed by atoms with Crippen LogP contribution in [0.5, 0.6) is 0 Å². The predicted octanol–water partition coefficient (Wildman–Crippen LogP) is 3.70. The molecule has 0 unspecified atom stereocenters. The summed E-state index contributed by atoms with van der Waals surface area (Å²) >= 11 is 3.26. The number of anilines is 2. The molecule has 1 aromatic carbocycles. The molecule has 0 aliphatic rings. The van der Waals surface area contributed by atoms with Crippen molar-refractivity contribution in [2.75, 3.05) is 11.5 Å². The SMILES string of the molecule is Nc1ccc(N)c(-c2nc(-c3cccs3)cs2)c1. The van der Waals surface area contributed by atoms with Crippen molar-refractivity contribution in [3.05, 3.63) is 41.1 Å². The lowest BCUT2D eigenvalue weighted by Crippen LogP contribution is -1.92. The van der Waals surface area contributed by atoms with Crippen molar-refractivity contribution < 1.29 is 0 Å². The molecule has 90 valence electrons. The second-order valence-corrected chi connectivity index (χ2v) is 5.67. The largest absolute Gasteiger partial charge is 0.399 e. The fraction of sp³-hybridized carbons (Fsp3) is 0. The lowest BCUT2D eigenvalue weighted by molar-refractivity contribution is 1.42. The van der Waals surface area contributed by atoms with Gasteiger partial charge in [-0.25, -0.2) is 4.98 Å². The molecule has 0 fully saturated rings. The minimum atomic E-state index is 0.701. The number of nitrogens with two attached hydrogens (primary N) is 2. The Balaban J connectivity index is 2.05. The van der Waals surface area contributed by atoms with Crippen LogP contribution >= 0.6 is 22.7 Å². The quantitative estimate of drug-likeness (QED) is 0.700. The van der Waals surface area contributed by atoms with Crippen molar-refractivity contribution in [1.29, 1.82) is 0 Å². The first kappa shape index (κ1) is 11.3. The van der Waals surface area contributed by atoms with Crippen LogP contribution in [0.25, 0.3) is 21.1 Å². The van der Waals surface area contributed by atoms with Gasteiger partial charge in [0.05, 0.1) is 10.6 Å². The van der Waals surface area contributed by atoms with E-state index in [0.717, 1.165) is 16.3 Å². The molecular weight excluding hydrogens is 262 g/mol. The van der Waals surface area contributed by atoms with E-state index in [1.165, 1.54) is 4.88 Å². The molecule has 2 aromatic heterocycles. The van der Waals surface area contributed by atoms with Gasteiger partial charge in [-0.2, -0.15) is 0 Å². The average molecular weight is 273 g/mol. The van der Waals surface area contributed by atoms with Gasteiger partial charge < -0.3 is 11.5 Å². The minimum Gasteiger partial charge on any atom is -0.399 e. The van der Waals surface area contributed by atoms with Gasteiger partial charge in [0.2, 0.25) is 0 Å². The van der Waals surface area contributed by atoms with Crippen molar-refractivity contribution in [3.63, 3.8) is 0 Å². The number of thiazole rings is 1. The fourth-order valence-electron chi connectivity index (χ4n) is 1.69. The molecule has 4 N–H and O–H groups in total. The van der Waals surface area contributed by atoms with E-state index in [9.17, 15) is 0 Å². The third-order valence-corrected chi connectivity index (χ3v) is 4.35. The first-order valence-corrected chi connectivity index (χ1v) is 7.15. The van der Waals surface area contributed by atoms with Gasteiger partial charge >= 0.3 is 0 Å². The summed E-state index contributed by atoms with van der Waals surface area (Å²) in [4.78, 5) is 5.78. The molecule has 0 amide bonds. The van der Waals surface area contributed by atoms with Crippen molar-refractivity contribution in [2.24, 2.45) is 0 Å². The lowest BCUT2D eigenvalue weighted by atomic mass is 10.1. The second kappa shape index (κ2) is 4.44. The Bertz CT molecular complexity index is 671. The highest BCUT2D eigenvalue weighted by Gasteiger charge is 2.10. The summed E-state index contributed by atoms with van der Waals surface area (Å²) in [7, 11) is 0. The normalized spacial score (nSPS) is 10.7. The van der Waals surface area contributed by atoms with E-state index in [1.54, 1.807) is 28.7 Å². The van der Waals surface area contributed by atoms with E-state index in [0.29, 0.717) is 11.4 Å². The van der Waals surface area contributed by atoms with Gasteiger partial charge in [0.15, 0.2) is 0 Å². The molecule has 0 radical (unpaired) electrons. The van der Waals surface area contributed by atoms with Crippen molar-refractivity contribution >= 4 is 34.0 Å². The van der Waals surface area contributed by atoms with Crippen LogP contribution in [0, 0.1) is 0 Å². The molecule has 2 heterocycles. The maximum atomic E-state index is 5.96. The second-order valence-electron chi connectivity index (χ2n) is 3.86. The maximum absolute atomic E-state index is 5.96. The Hall–Kier alpha value is -1.85. The molecule has 3 nitrogen and oxygen atoms in total. The molecule has 0 aliphatic heterocycles. The van der Waals surface area contributed by atoms with E-state index >= 15 is 0 Å². The molecule has 3 rings (SSSR count). The standard InChI is InChI=1S/C13H11N3S2/c14-8-3-4-10(15)9(6-8)13-16-11(7-18-13)12-2-1-5-17-12/h1-7H,14-15H2. The van der Waals surface area contributed by atoms with Crippen LogP contribution in [-0.4, -0.2) is 4.98 Å². The summed E-state index contributed by atoms with van der Waals surface area (Å²) in [5.41, 5.74) is 15.1. The Kier molecular flexibility index (Phi) is 2.77. The first-order valence-electron chi connectivity index (χ1n) is 5.39. The van der Waals surface area contributed by atoms with Gasteiger partial charge in [-0.1, -0.05) is 6.07 Å². The molecule has 0 aliphatic carbocycles. The number of hydrogen-bond donors (Lipinski definition) is 2. The zero-order valence-electron chi connectivity index (χ0n) is 9.46.